The van der Waals surface area contributed by atoms with E-state index in [1.54, 1.807) is 25.1 Å². The molecule has 2 aromatic heterocycles. The summed E-state index contributed by atoms with van der Waals surface area (Å²) in [4.78, 5) is 14.3. The molecular formula is C14H10FN5O2S2. The van der Waals surface area contributed by atoms with E-state index in [2.05, 4.69) is 20.5 Å². The Balaban J connectivity index is 1.75. The van der Waals surface area contributed by atoms with Gasteiger partial charge in [-0.25, -0.2) is 9.37 Å². The molecule has 122 valence electrons. The zero-order chi connectivity index (χ0) is 17.1. The van der Waals surface area contributed by atoms with Gasteiger partial charge in [0.2, 0.25) is 5.13 Å². The fourth-order valence-corrected chi connectivity index (χ4v) is 3.52. The van der Waals surface area contributed by atoms with E-state index < -0.39 is 4.92 Å². The summed E-state index contributed by atoms with van der Waals surface area (Å²) in [6.07, 6.45) is 1.20. The Bertz CT molecular complexity index is 902. The number of aromatic nitrogens is 3. The highest BCUT2D eigenvalue weighted by Gasteiger charge is 2.13. The number of halogens is 1. The van der Waals surface area contributed by atoms with Crippen molar-refractivity contribution in [1.82, 2.24) is 15.2 Å². The van der Waals surface area contributed by atoms with Crippen LogP contribution in [-0.4, -0.2) is 20.1 Å². The highest BCUT2D eigenvalue weighted by molar-refractivity contribution is 8.01. The van der Waals surface area contributed by atoms with Crippen molar-refractivity contribution in [1.29, 1.82) is 0 Å². The number of anilines is 2. The SMILES string of the molecule is Cc1cc([N+](=O)[O-])cnc1Sc1nnc(Nc2ccccc2F)s1. The predicted molar refractivity (Wildman–Crippen MR) is 89.3 cm³/mol. The molecule has 2 heterocycles. The van der Waals surface area contributed by atoms with Crippen LogP contribution in [0.5, 0.6) is 0 Å². The van der Waals surface area contributed by atoms with Crippen molar-refractivity contribution >= 4 is 39.6 Å². The summed E-state index contributed by atoms with van der Waals surface area (Å²) in [5.74, 6) is -0.380. The van der Waals surface area contributed by atoms with Gasteiger partial charge in [-0.2, -0.15) is 0 Å². The summed E-state index contributed by atoms with van der Waals surface area (Å²) in [6.45, 7) is 1.74. The lowest BCUT2D eigenvalue weighted by Gasteiger charge is -2.02. The molecule has 0 aliphatic carbocycles. The normalized spacial score (nSPS) is 10.6. The fourth-order valence-electron chi connectivity index (χ4n) is 1.82. The second-order valence-electron chi connectivity index (χ2n) is 4.65. The molecule has 0 unspecified atom stereocenters. The van der Waals surface area contributed by atoms with Crippen LogP contribution in [0.1, 0.15) is 5.56 Å². The minimum Gasteiger partial charge on any atom is -0.328 e. The summed E-state index contributed by atoms with van der Waals surface area (Å²) in [6, 6.07) is 7.72. The van der Waals surface area contributed by atoms with Crippen LogP contribution >= 0.6 is 23.1 Å². The zero-order valence-corrected chi connectivity index (χ0v) is 13.9. The van der Waals surface area contributed by atoms with Crippen LogP contribution in [0, 0.1) is 22.9 Å². The predicted octanol–water partition coefficient (Wildman–Crippen LogP) is 4.18. The van der Waals surface area contributed by atoms with Gasteiger partial charge < -0.3 is 5.32 Å². The van der Waals surface area contributed by atoms with E-state index in [1.165, 1.54) is 41.4 Å². The number of nitro groups is 1. The Labute approximate surface area is 144 Å². The van der Waals surface area contributed by atoms with Crippen molar-refractivity contribution in [3.05, 3.63) is 58.0 Å². The van der Waals surface area contributed by atoms with E-state index in [-0.39, 0.29) is 11.5 Å². The number of nitrogens with one attached hydrogen (secondary N) is 1. The fraction of sp³-hybridized carbons (Fsp3) is 0.0714. The molecule has 0 spiro atoms. The van der Waals surface area contributed by atoms with Crippen LogP contribution in [0.4, 0.5) is 20.9 Å². The first-order chi connectivity index (χ1) is 11.5. The number of hydrogen-bond donors (Lipinski definition) is 1. The van der Waals surface area contributed by atoms with Gasteiger partial charge in [-0.1, -0.05) is 23.5 Å². The molecule has 0 saturated carbocycles. The third kappa shape index (κ3) is 3.66. The second-order valence-corrected chi connectivity index (χ2v) is 6.87. The Hall–Kier alpha value is -2.59. The number of para-hydroxylation sites is 1. The van der Waals surface area contributed by atoms with E-state index in [0.717, 1.165) is 0 Å². The van der Waals surface area contributed by atoms with E-state index in [0.29, 0.717) is 25.7 Å². The molecule has 0 aliphatic rings. The zero-order valence-electron chi connectivity index (χ0n) is 12.3. The number of hydrogen-bond acceptors (Lipinski definition) is 8. The van der Waals surface area contributed by atoms with E-state index >= 15 is 0 Å². The number of pyridine rings is 1. The van der Waals surface area contributed by atoms with Crippen molar-refractivity contribution < 1.29 is 9.31 Å². The van der Waals surface area contributed by atoms with Crippen LogP contribution in [0.25, 0.3) is 0 Å². The third-order valence-corrected chi connectivity index (χ3v) is 4.94. The maximum absolute atomic E-state index is 13.6. The van der Waals surface area contributed by atoms with Crippen LogP contribution in [0.15, 0.2) is 45.9 Å². The van der Waals surface area contributed by atoms with Crippen molar-refractivity contribution in [2.24, 2.45) is 0 Å². The molecule has 1 N–H and O–H groups in total. The highest BCUT2D eigenvalue weighted by Crippen LogP contribution is 2.34. The van der Waals surface area contributed by atoms with Crippen molar-refractivity contribution in [2.75, 3.05) is 5.32 Å². The molecule has 0 radical (unpaired) electrons. The van der Waals surface area contributed by atoms with Crippen molar-refractivity contribution in [3.8, 4) is 0 Å². The Kier molecular flexibility index (Phi) is 4.67. The molecule has 0 aliphatic heterocycles. The average Bonchev–Trinajstić information content (AvgIpc) is 2.98. The molecule has 0 fully saturated rings. The minimum absolute atomic E-state index is 0.0592. The van der Waals surface area contributed by atoms with E-state index in [4.69, 9.17) is 0 Å². The van der Waals surface area contributed by atoms with E-state index in [9.17, 15) is 14.5 Å². The summed E-state index contributed by atoms with van der Waals surface area (Å²) in [7, 11) is 0. The number of aryl methyl sites for hydroxylation is 1. The minimum atomic E-state index is -0.490. The van der Waals surface area contributed by atoms with Crippen molar-refractivity contribution in [3.63, 3.8) is 0 Å². The van der Waals surface area contributed by atoms with Gasteiger partial charge in [0.25, 0.3) is 5.69 Å². The summed E-state index contributed by atoms with van der Waals surface area (Å²) < 4.78 is 14.2. The van der Waals surface area contributed by atoms with E-state index in [1.807, 2.05) is 0 Å². The van der Waals surface area contributed by atoms with Crippen LogP contribution in [-0.2, 0) is 0 Å². The van der Waals surface area contributed by atoms with Gasteiger partial charge in [0.15, 0.2) is 4.34 Å². The molecule has 7 nitrogen and oxygen atoms in total. The molecule has 0 saturated heterocycles. The number of rotatable bonds is 5. The first-order valence-corrected chi connectivity index (χ1v) is 8.30. The largest absolute Gasteiger partial charge is 0.328 e. The standard InChI is InChI=1S/C14H10FN5O2S2/c1-8-6-9(20(21)22)7-16-12(8)23-14-19-18-13(24-14)17-11-5-3-2-4-10(11)15/h2-7H,1H3,(H,17,18). The Morgan fingerprint density at radius 2 is 2.12 bits per heavy atom. The maximum atomic E-state index is 13.6. The molecule has 1 aromatic carbocycles. The monoisotopic (exact) mass is 363 g/mol. The quantitative estimate of drug-likeness (QED) is 0.537. The van der Waals surface area contributed by atoms with Gasteiger partial charge in [0.1, 0.15) is 17.0 Å². The first kappa shape index (κ1) is 16.3. The van der Waals surface area contributed by atoms with Gasteiger partial charge in [-0.3, -0.25) is 10.1 Å². The smallest absolute Gasteiger partial charge is 0.287 e. The highest BCUT2D eigenvalue weighted by atomic mass is 32.2. The number of benzene rings is 1. The lowest BCUT2D eigenvalue weighted by Crippen LogP contribution is -1.92. The molecule has 24 heavy (non-hydrogen) atoms. The van der Waals surface area contributed by atoms with Crippen LogP contribution in [0.3, 0.4) is 0 Å². The number of nitrogens with zero attached hydrogens (tertiary/aromatic N) is 4. The van der Waals surface area contributed by atoms with Gasteiger partial charge in [0, 0.05) is 6.07 Å². The maximum Gasteiger partial charge on any atom is 0.287 e. The molecule has 10 heteroatoms. The molecular weight excluding hydrogens is 353 g/mol. The topological polar surface area (TPSA) is 93.8 Å². The Morgan fingerprint density at radius 1 is 1.33 bits per heavy atom. The average molecular weight is 363 g/mol. The molecule has 0 bridgehead atoms. The van der Waals surface area contributed by atoms with Crippen LogP contribution < -0.4 is 5.32 Å². The summed E-state index contributed by atoms with van der Waals surface area (Å²) in [5, 5.41) is 22.6. The third-order valence-electron chi connectivity index (χ3n) is 2.93. The lowest BCUT2D eigenvalue weighted by molar-refractivity contribution is -0.385. The van der Waals surface area contributed by atoms with Gasteiger partial charge >= 0.3 is 0 Å². The lowest BCUT2D eigenvalue weighted by atomic mass is 10.3. The Morgan fingerprint density at radius 3 is 2.83 bits per heavy atom. The van der Waals surface area contributed by atoms with Gasteiger partial charge in [-0.15, -0.1) is 10.2 Å². The summed E-state index contributed by atoms with van der Waals surface area (Å²) in [5.41, 5.74) is 0.930. The molecule has 0 amide bonds. The van der Waals surface area contributed by atoms with Gasteiger partial charge in [-0.05, 0) is 36.4 Å². The first-order valence-electron chi connectivity index (χ1n) is 6.67. The van der Waals surface area contributed by atoms with Crippen LogP contribution in [0.2, 0.25) is 0 Å². The molecule has 0 atom stereocenters. The second kappa shape index (κ2) is 6.89. The van der Waals surface area contributed by atoms with Gasteiger partial charge in [0.05, 0.1) is 10.6 Å². The summed E-state index contributed by atoms with van der Waals surface area (Å²) >= 11 is 2.49. The van der Waals surface area contributed by atoms with Crippen molar-refractivity contribution in [2.45, 2.75) is 16.3 Å². The molecule has 3 rings (SSSR count). The molecule has 3 aromatic rings.